The molecule has 224 valence electrons. The minimum absolute atomic E-state index is 0.00681. The Hall–Kier alpha value is -2.45. The van der Waals surface area contributed by atoms with Crippen molar-refractivity contribution in [1.82, 2.24) is 0 Å². The highest BCUT2D eigenvalue weighted by Gasteiger charge is 2.25. The van der Waals surface area contributed by atoms with Crippen molar-refractivity contribution in [2.45, 2.75) is 103 Å². The van der Waals surface area contributed by atoms with Gasteiger partial charge in [-0.3, -0.25) is 9.59 Å². The average molecular weight is 552 g/mol. The van der Waals surface area contributed by atoms with Crippen molar-refractivity contribution in [3.63, 3.8) is 0 Å². The lowest BCUT2D eigenvalue weighted by Crippen LogP contribution is -2.55. The Morgan fingerprint density at radius 2 is 1.44 bits per heavy atom. The molecule has 0 aliphatic heterocycles. The van der Waals surface area contributed by atoms with E-state index in [1.807, 2.05) is 18.2 Å². The van der Waals surface area contributed by atoms with E-state index in [9.17, 15) is 19.5 Å². The number of quaternary nitrogens is 1. The Labute approximate surface area is 236 Å². The first-order chi connectivity index (χ1) is 18.6. The van der Waals surface area contributed by atoms with Gasteiger partial charge in [-0.1, -0.05) is 69.6 Å². The monoisotopic (exact) mass is 551 g/mol. The number of rotatable bonds is 24. The minimum atomic E-state index is -1.14. The zero-order chi connectivity index (χ0) is 29.4. The predicted molar refractivity (Wildman–Crippen MR) is 153 cm³/mol. The number of ether oxygens (including phenoxy) is 3. The van der Waals surface area contributed by atoms with E-state index < -0.39 is 24.1 Å². The van der Waals surface area contributed by atoms with Crippen molar-refractivity contribution in [2.24, 2.45) is 0 Å². The molecule has 0 radical (unpaired) electrons. The number of nitrogens with zero attached hydrogens (tertiary/aromatic N) is 1. The summed E-state index contributed by atoms with van der Waals surface area (Å²) < 4.78 is 16.7. The Morgan fingerprint density at radius 3 is 2.08 bits per heavy atom. The molecule has 0 fully saturated rings. The van der Waals surface area contributed by atoms with E-state index in [1.165, 1.54) is 19.3 Å². The quantitative estimate of drug-likeness (QED) is 0.0743. The van der Waals surface area contributed by atoms with Crippen LogP contribution < -0.4 is 5.11 Å². The lowest BCUT2D eigenvalue weighted by atomic mass is 10.1. The molecule has 2 atom stereocenters. The van der Waals surface area contributed by atoms with E-state index >= 15 is 0 Å². The maximum absolute atomic E-state index is 12.4. The van der Waals surface area contributed by atoms with Gasteiger partial charge in [0, 0.05) is 19.3 Å². The molecule has 0 rings (SSSR count). The molecule has 0 aromatic heterocycles. The molecular weight excluding hydrogens is 498 g/mol. The minimum Gasteiger partial charge on any atom is -0.544 e. The van der Waals surface area contributed by atoms with Crippen LogP contribution in [0.5, 0.6) is 0 Å². The summed E-state index contributed by atoms with van der Waals surface area (Å²) in [6.45, 7) is 4.30. The first kappa shape index (κ1) is 36.5. The predicted octanol–water partition coefficient (Wildman–Crippen LogP) is 4.67. The number of carbonyl (C=O) groups excluding carboxylic acids is 3. The SMILES string of the molecule is CC/C=C/C/C=C/CCC(=O)OCC(COCCC(C(=O)[O-])[N+](C)(C)C)OC(=O)CC/C=C/CCCCCC. The third kappa shape index (κ3) is 22.1. The second kappa shape index (κ2) is 23.4. The van der Waals surface area contributed by atoms with E-state index in [2.05, 4.69) is 32.1 Å². The van der Waals surface area contributed by atoms with Crippen LogP contribution in [0.3, 0.4) is 0 Å². The Morgan fingerprint density at radius 1 is 0.795 bits per heavy atom. The number of carboxylic acid groups (broad SMARTS) is 1. The summed E-state index contributed by atoms with van der Waals surface area (Å²) in [5, 5.41) is 11.5. The number of hydrogen-bond acceptors (Lipinski definition) is 7. The Bertz CT molecular complexity index is 753. The van der Waals surface area contributed by atoms with Crippen molar-refractivity contribution in [3.05, 3.63) is 36.5 Å². The van der Waals surface area contributed by atoms with Gasteiger partial charge >= 0.3 is 11.9 Å². The smallest absolute Gasteiger partial charge is 0.306 e. The summed E-state index contributed by atoms with van der Waals surface area (Å²) in [6, 6.07) is -0.733. The summed E-state index contributed by atoms with van der Waals surface area (Å²) >= 11 is 0. The number of carboxylic acids is 1. The van der Waals surface area contributed by atoms with Crippen LogP contribution in [0.4, 0.5) is 0 Å². The van der Waals surface area contributed by atoms with Gasteiger partial charge in [0.15, 0.2) is 6.10 Å². The fraction of sp³-hybridized carbons (Fsp3) is 0.710. The molecule has 0 saturated carbocycles. The highest BCUT2D eigenvalue weighted by Crippen LogP contribution is 2.09. The summed E-state index contributed by atoms with van der Waals surface area (Å²) in [5.41, 5.74) is 0. The van der Waals surface area contributed by atoms with E-state index in [-0.39, 0.29) is 49.5 Å². The molecule has 0 aliphatic rings. The molecule has 39 heavy (non-hydrogen) atoms. The molecule has 0 spiro atoms. The third-order valence-corrected chi connectivity index (χ3v) is 6.04. The number of aliphatic carboxylic acids is 1. The van der Waals surface area contributed by atoms with Crippen LogP contribution in [0.2, 0.25) is 0 Å². The highest BCUT2D eigenvalue weighted by molar-refractivity contribution is 5.70. The van der Waals surface area contributed by atoms with Gasteiger partial charge in [-0.25, -0.2) is 0 Å². The zero-order valence-corrected chi connectivity index (χ0v) is 25.0. The van der Waals surface area contributed by atoms with Gasteiger partial charge in [-0.15, -0.1) is 0 Å². The third-order valence-electron chi connectivity index (χ3n) is 6.04. The van der Waals surface area contributed by atoms with Crippen molar-refractivity contribution in [1.29, 1.82) is 0 Å². The lowest BCUT2D eigenvalue weighted by molar-refractivity contribution is -0.889. The van der Waals surface area contributed by atoms with Gasteiger partial charge in [0.1, 0.15) is 12.6 Å². The molecule has 8 heteroatoms. The van der Waals surface area contributed by atoms with Crippen molar-refractivity contribution in [3.8, 4) is 0 Å². The van der Waals surface area contributed by atoms with Crippen LogP contribution in [0, 0.1) is 0 Å². The van der Waals surface area contributed by atoms with Crippen LogP contribution in [0.1, 0.15) is 90.9 Å². The summed E-state index contributed by atoms with van der Waals surface area (Å²) in [4.78, 5) is 36.0. The second-order valence-electron chi connectivity index (χ2n) is 10.6. The summed E-state index contributed by atoms with van der Waals surface area (Å²) in [6.07, 6.45) is 21.0. The number of unbranched alkanes of at least 4 members (excludes halogenated alkanes) is 4. The average Bonchev–Trinajstić information content (AvgIpc) is 2.86. The maximum Gasteiger partial charge on any atom is 0.306 e. The normalized spacial score (nSPS) is 13.8. The molecule has 8 nitrogen and oxygen atoms in total. The lowest BCUT2D eigenvalue weighted by Gasteiger charge is -2.34. The van der Waals surface area contributed by atoms with Crippen LogP contribution in [0.25, 0.3) is 0 Å². The van der Waals surface area contributed by atoms with Gasteiger partial charge in [-0.2, -0.15) is 0 Å². The van der Waals surface area contributed by atoms with Crippen LogP contribution >= 0.6 is 0 Å². The van der Waals surface area contributed by atoms with E-state index in [0.717, 1.165) is 25.7 Å². The fourth-order valence-electron chi connectivity index (χ4n) is 3.73. The first-order valence-corrected chi connectivity index (χ1v) is 14.5. The number of likely N-dealkylation sites (N-methyl/N-ethyl adjacent to an activating group) is 1. The van der Waals surface area contributed by atoms with Gasteiger partial charge in [0.2, 0.25) is 0 Å². The van der Waals surface area contributed by atoms with Crippen LogP contribution in [-0.4, -0.2) is 75.5 Å². The molecule has 2 unspecified atom stereocenters. The highest BCUT2D eigenvalue weighted by atomic mass is 16.6. The number of allylic oxidation sites excluding steroid dienone is 6. The van der Waals surface area contributed by atoms with Gasteiger partial charge in [0.25, 0.3) is 0 Å². The topological polar surface area (TPSA) is 102 Å². The number of esters is 2. The number of carbonyl (C=O) groups is 3. The van der Waals surface area contributed by atoms with Crippen molar-refractivity contribution in [2.75, 3.05) is 41.0 Å². The van der Waals surface area contributed by atoms with Gasteiger partial charge < -0.3 is 28.6 Å². The molecular formula is C31H53NO7. The summed E-state index contributed by atoms with van der Waals surface area (Å²) in [5.74, 6) is -1.91. The number of hydrogen-bond donors (Lipinski definition) is 0. The molecule has 0 aromatic carbocycles. The molecule has 0 saturated heterocycles. The van der Waals surface area contributed by atoms with Gasteiger partial charge in [0.05, 0.1) is 40.3 Å². The molecule has 0 bridgehead atoms. The standard InChI is InChI=1S/C31H53NO7/c1-6-8-10-12-14-16-18-20-22-30(34)39-27(25-37-24-23-28(31(35)36)32(3,4)5)26-38-29(33)21-19-17-15-13-11-9-7-2/h9,11,15-18,27-28H,6-8,10,12-14,19-26H2,1-5H3/b11-9+,17-15+,18-16+. The van der Waals surface area contributed by atoms with Gasteiger partial charge in [-0.05, 0) is 38.5 Å². The molecule has 0 N–H and O–H groups in total. The van der Waals surface area contributed by atoms with E-state index in [0.29, 0.717) is 12.8 Å². The second-order valence-corrected chi connectivity index (χ2v) is 10.6. The molecule has 0 amide bonds. The molecule has 0 aliphatic carbocycles. The zero-order valence-electron chi connectivity index (χ0n) is 25.0. The van der Waals surface area contributed by atoms with Crippen molar-refractivity contribution < 1.29 is 38.2 Å². The van der Waals surface area contributed by atoms with Crippen LogP contribution in [-0.2, 0) is 28.6 Å². The summed E-state index contributed by atoms with van der Waals surface area (Å²) in [7, 11) is 5.34. The van der Waals surface area contributed by atoms with E-state index in [4.69, 9.17) is 14.2 Å². The molecule has 0 aromatic rings. The van der Waals surface area contributed by atoms with E-state index in [1.54, 1.807) is 21.1 Å². The Kier molecular flexibility index (Phi) is 22.0. The molecule has 0 heterocycles. The Balaban J connectivity index is 4.69. The largest absolute Gasteiger partial charge is 0.544 e. The maximum atomic E-state index is 12.4. The van der Waals surface area contributed by atoms with Crippen LogP contribution in [0.15, 0.2) is 36.5 Å². The fourth-order valence-corrected chi connectivity index (χ4v) is 3.73. The van der Waals surface area contributed by atoms with Crippen molar-refractivity contribution >= 4 is 17.9 Å². The first-order valence-electron chi connectivity index (χ1n) is 14.5.